The summed E-state index contributed by atoms with van der Waals surface area (Å²) in [6.45, 7) is 3.06. The average molecular weight is 333 g/mol. The molecule has 23 heavy (non-hydrogen) atoms. The molecule has 1 rings (SSSR count). The van der Waals surface area contributed by atoms with E-state index >= 15 is 0 Å². The van der Waals surface area contributed by atoms with Crippen molar-refractivity contribution >= 4 is 11.9 Å². The summed E-state index contributed by atoms with van der Waals surface area (Å²) in [7, 11) is 0. The number of carbonyl (C=O) groups is 2. The Kier molecular flexibility index (Phi) is 6.00. The highest BCUT2D eigenvalue weighted by Gasteiger charge is 2.32. The van der Waals surface area contributed by atoms with Crippen LogP contribution in [0.3, 0.4) is 0 Å². The quantitative estimate of drug-likeness (QED) is 0.804. The minimum absolute atomic E-state index is 0.0301. The molecule has 2 N–H and O–H groups in total. The Balaban J connectivity index is 2.55. The molecule has 0 radical (unpaired) electrons. The van der Waals surface area contributed by atoms with E-state index in [-0.39, 0.29) is 25.0 Å². The molecular weight excluding hydrogens is 315 g/mol. The largest absolute Gasteiger partial charge is 0.573 e. The van der Waals surface area contributed by atoms with Crippen LogP contribution in [0.25, 0.3) is 0 Å². The molecule has 0 saturated heterocycles. The summed E-state index contributed by atoms with van der Waals surface area (Å²) < 4.78 is 39.8. The molecule has 1 amide bonds. The first-order valence-electron chi connectivity index (χ1n) is 6.95. The molecule has 0 spiro atoms. The second-order valence-electron chi connectivity index (χ2n) is 5.23. The molecule has 0 fully saturated rings. The molecule has 8 heteroatoms. The number of carboxylic acids is 1. The third-order valence-corrected chi connectivity index (χ3v) is 3.39. The second kappa shape index (κ2) is 7.34. The average Bonchev–Trinajstić information content (AvgIpc) is 2.44. The number of hydrogen-bond acceptors (Lipinski definition) is 3. The molecule has 0 saturated carbocycles. The number of hydrogen-bond donors (Lipinski definition) is 2. The van der Waals surface area contributed by atoms with Gasteiger partial charge in [0.15, 0.2) is 0 Å². The molecule has 0 aromatic heterocycles. The van der Waals surface area contributed by atoms with Gasteiger partial charge in [-0.2, -0.15) is 0 Å². The molecule has 0 aliphatic rings. The smallest absolute Gasteiger partial charge is 0.480 e. The lowest BCUT2D eigenvalue weighted by molar-refractivity contribution is -0.274. The highest BCUT2D eigenvalue weighted by molar-refractivity contribution is 5.86. The number of aryl methyl sites for hydroxylation is 1. The standard InChI is InChI=1S/C15H18F3NO4/c1-3-14(2,13(21)22)19-12(20)9-6-10-4-7-11(8-5-10)23-15(16,17)18/h4-5,7-8H,3,6,9H2,1-2H3,(H,19,20)(H,21,22). The predicted molar refractivity (Wildman–Crippen MR) is 75.9 cm³/mol. The van der Waals surface area contributed by atoms with Gasteiger partial charge in [0.05, 0.1) is 0 Å². The maximum atomic E-state index is 12.0. The van der Waals surface area contributed by atoms with Crippen molar-refractivity contribution in [1.82, 2.24) is 5.32 Å². The number of rotatable bonds is 7. The molecule has 0 aliphatic heterocycles. The molecule has 0 aliphatic carbocycles. The lowest BCUT2D eigenvalue weighted by atomic mass is 9.98. The van der Waals surface area contributed by atoms with E-state index in [2.05, 4.69) is 10.1 Å². The first-order chi connectivity index (χ1) is 10.6. The van der Waals surface area contributed by atoms with Gasteiger partial charge in [-0.1, -0.05) is 19.1 Å². The summed E-state index contributed by atoms with van der Waals surface area (Å²) in [5.74, 6) is -1.90. The van der Waals surface area contributed by atoms with Crippen molar-refractivity contribution < 1.29 is 32.6 Å². The van der Waals surface area contributed by atoms with Gasteiger partial charge in [-0.25, -0.2) is 4.79 Å². The van der Waals surface area contributed by atoms with Crippen LogP contribution in [0.4, 0.5) is 13.2 Å². The fraction of sp³-hybridized carbons (Fsp3) is 0.467. The number of aliphatic carboxylic acids is 1. The fourth-order valence-electron chi connectivity index (χ4n) is 1.78. The van der Waals surface area contributed by atoms with E-state index in [9.17, 15) is 22.8 Å². The molecule has 1 atom stereocenters. The Morgan fingerprint density at radius 1 is 1.22 bits per heavy atom. The van der Waals surface area contributed by atoms with Crippen molar-refractivity contribution in [2.24, 2.45) is 0 Å². The molecular formula is C15H18F3NO4. The molecule has 0 bridgehead atoms. The highest BCUT2D eigenvalue weighted by atomic mass is 19.4. The molecule has 1 unspecified atom stereocenters. The predicted octanol–water partition coefficient (Wildman–Crippen LogP) is 2.89. The van der Waals surface area contributed by atoms with E-state index in [1.807, 2.05) is 0 Å². The number of carbonyl (C=O) groups excluding carboxylic acids is 1. The Labute approximate surface area is 131 Å². The van der Waals surface area contributed by atoms with Crippen molar-refractivity contribution in [2.45, 2.75) is 45.0 Å². The number of ether oxygens (including phenoxy) is 1. The van der Waals surface area contributed by atoms with Crippen molar-refractivity contribution in [3.8, 4) is 5.75 Å². The lowest BCUT2D eigenvalue weighted by Gasteiger charge is -2.24. The summed E-state index contributed by atoms with van der Waals surface area (Å²) in [6, 6.07) is 5.16. The Morgan fingerprint density at radius 3 is 2.22 bits per heavy atom. The van der Waals surface area contributed by atoms with E-state index in [4.69, 9.17) is 5.11 Å². The topological polar surface area (TPSA) is 75.6 Å². The molecule has 128 valence electrons. The van der Waals surface area contributed by atoms with Crippen LogP contribution in [0.1, 0.15) is 32.3 Å². The minimum atomic E-state index is -4.75. The van der Waals surface area contributed by atoms with E-state index in [0.717, 1.165) is 12.1 Å². The van der Waals surface area contributed by atoms with Gasteiger partial charge in [0, 0.05) is 6.42 Å². The second-order valence-corrected chi connectivity index (χ2v) is 5.23. The van der Waals surface area contributed by atoms with Crippen molar-refractivity contribution in [1.29, 1.82) is 0 Å². The number of carboxylic acid groups (broad SMARTS) is 1. The van der Waals surface area contributed by atoms with Gasteiger partial charge in [0.1, 0.15) is 11.3 Å². The highest BCUT2D eigenvalue weighted by Crippen LogP contribution is 2.23. The van der Waals surface area contributed by atoms with Gasteiger partial charge in [-0.3, -0.25) is 4.79 Å². The zero-order valence-corrected chi connectivity index (χ0v) is 12.7. The number of amides is 1. The summed E-state index contributed by atoms with van der Waals surface area (Å²) >= 11 is 0. The lowest BCUT2D eigenvalue weighted by Crippen LogP contribution is -2.51. The van der Waals surface area contributed by atoms with Crippen LogP contribution in [-0.4, -0.2) is 28.9 Å². The molecule has 0 heterocycles. The van der Waals surface area contributed by atoms with Gasteiger partial charge in [-0.05, 0) is 37.5 Å². The number of halogens is 3. The molecule has 1 aromatic carbocycles. The zero-order valence-electron chi connectivity index (χ0n) is 12.7. The first-order valence-corrected chi connectivity index (χ1v) is 6.95. The van der Waals surface area contributed by atoms with E-state index < -0.39 is 23.8 Å². The zero-order chi connectivity index (χ0) is 17.7. The van der Waals surface area contributed by atoms with Crippen LogP contribution in [0, 0.1) is 0 Å². The SMILES string of the molecule is CCC(C)(NC(=O)CCc1ccc(OC(F)(F)F)cc1)C(=O)O. The number of benzene rings is 1. The van der Waals surface area contributed by atoms with Crippen LogP contribution in [-0.2, 0) is 16.0 Å². The van der Waals surface area contributed by atoms with Crippen LogP contribution in [0.15, 0.2) is 24.3 Å². The summed E-state index contributed by atoms with van der Waals surface area (Å²) in [5, 5.41) is 11.5. The van der Waals surface area contributed by atoms with Gasteiger partial charge in [0.25, 0.3) is 0 Å². The maximum Gasteiger partial charge on any atom is 0.573 e. The van der Waals surface area contributed by atoms with Crippen molar-refractivity contribution in [3.63, 3.8) is 0 Å². The van der Waals surface area contributed by atoms with E-state index in [1.54, 1.807) is 6.92 Å². The third-order valence-electron chi connectivity index (χ3n) is 3.39. The van der Waals surface area contributed by atoms with Gasteiger partial charge < -0.3 is 15.2 Å². The van der Waals surface area contributed by atoms with Crippen LogP contribution in [0.5, 0.6) is 5.75 Å². The molecule has 1 aromatic rings. The maximum absolute atomic E-state index is 12.0. The van der Waals surface area contributed by atoms with Crippen LogP contribution < -0.4 is 10.1 Å². The summed E-state index contributed by atoms with van der Waals surface area (Å²) in [4.78, 5) is 22.9. The number of nitrogens with one attached hydrogen (secondary N) is 1. The fourth-order valence-corrected chi connectivity index (χ4v) is 1.78. The third kappa shape index (κ3) is 6.17. The minimum Gasteiger partial charge on any atom is -0.480 e. The van der Waals surface area contributed by atoms with Crippen LogP contribution in [0.2, 0.25) is 0 Å². The van der Waals surface area contributed by atoms with Gasteiger partial charge in [-0.15, -0.1) is 13.2 Å². The van der Waals surface area contributed by atoms with E-state index in [0.29, 0.717) is 5.56 Å². The Bertz CT molecular complexity index is 557. The summed E-state index contributed by atoms with van der Waals surface area (Å²) in [6.07, 6.45) is -4.21. The normalized spacial score (nSPS) is 14.0. The van der Waals surface area contributed by atoms with E-state index in [1.165, 1.54) is 19.1 Å². The van der Waals surface area contributed by atoms with Gasteiger partial charge >= 0.3 is 12.3 Å². The van der Waals surface area contributed by atoms with Crippen LogP contribution >= 0.6 is 0 Å². The van der Waals surface area contributed by atoms with Crippen molar-refractivity contribution in [2.75, 3.05) is 0 Å². The van der Waals surface area contributed by atoms with Gasteiger partial charge in [0.2, 0.25) is 5.91 Å². The Hall–Kier alpha value is -2.25. The first kappa shape index (κ1) is 18.8. The molecule has 5 nitrogen and oxygen atoms in total. The summed E-state index contributed by atoms with van der Waals surface area (Å²) in [5.41, 5.74) is -0.690. The monoisotopic (exact) mass is 333 g/mol. The number of alkyl halides is 3. The Morgan fingerprint density at radius 2 is 1.78 bits per heavy atom. The van der Waals surface area contributed by atoms with Crippen molar-refractivity contribution in [3.05, 3.63) is 29.8 Å².